The molecule has 1 atom stereocenters. The molecule has 26 heavy (non-hydrogen) atoms. The van der Waals surface area contributed by atoms with Crippen LogP contribution in [0.5, 0.6) is 0 Å². The molecule has 0 radical (unpaired) electrons. The van der Waals surface area contributed by atoms with Gasteiger partial charge in [0, 0.05) is 12.0 Å². The van der Waals surface area contributed by atoms with Crippen LogP contribution < -0.4 is 10.6 Å². The first-order chi connectivity index (χ1) is 12.4. The van der Waals surface area contributed by atoms with E-state index < -0.39 is 0 Å². The smallest absolute Gasteiger partial charge is 0.239 e. The highest BCUT2D eigenvalue weighted by atomic mass is 16.2. The van der Waals surface area contributed by atoms with Crippen molar-refractivity contribution in [2.75, 3.05) is 6.54 Å². The number of nitrogens with one attached hydrogen (secondary N) is 2. The number of rotatable bonds is 7. The van der Waals surface area contributed by atoms with E-state index in [0.717, 1.165) is 32.1 Å². The summed E-state index contributed by atoms with van der Waals surface area (Å²) >= 11 is 0. The van der Waals surface area contributed by atoms with Crippen LogP contribution in [-0.4, -0.2) is 24.4 Å². The van der Waals surface area contributed by atoms with E-state index in [0.29, 0.717) is 11.8 Å². The van der Waals surface area contributed by atoms with Crippen LogP contribution in [0.4, 0.5) is 0 Å². The standard InChI is InChI=1S/C22H42N2O2/c1-17(2)15-20(18(3)4)24-21(25)16-23-22(26)19-13-11-9-7-5-6-8-10-12-14-19/h17-20H,5-16H2,1-4H3,(H,23,26)(H,24,25)/t20-/m0/s1. The lowest BCUT2D eigenvalue weighted by Gasteiger charge is -2.24. The number of hydrogen-bond acceptors (Lipinski definition) is 2. The molecule has 4 nitrogen and oxygen atoms in total. The Balaban J connectivity index is 2.42. The predicted octanol–water partition coefficient (Wildman–Crippen LogP) is 4.82. The van der Waals surface area contributed by atoms with E-state index in [9.17, 15) is 9.59 Å². The third-order valence-corrected chi connectivity index (χ3v) is 5.53. The lowest BCUT2D eigenvalue weighted by Crippen LogP contribution is -2.45. The summed E-state index contributed by atoms with van der Waals surface area (Å²) in [5.74, 6) is 1.04. The van der Waals surface area contributed by atoms with Gasteiger partial charge < -0.3 is 10.6 Å². The first kappa shape index (κ1) is 23.0. The van der Waals surface area contributed by atoms with Crippen LogP contribution in [0, 0.1) is 17.8 Å². The zero-order valence-electron chi connectivity index (χ0n) is 17.6. The molecule has 0 heterocycles. The molecule has 2 N–H and O–H groups in total. The number of amides is 2. The second kappa shape index (κ2) is 13.2. The average Bonchev–Trinajstić information content (AvgIpc) is 2.64. The summed E-state index contributed by atoms with van der Waals surface area (Å²) in [6, 6.07) is 0.178. The Labute approximate surface area is 161 Å². The van der Waals surface area contributed by atoms with Gasteiger partial charge >= 0.3 is 0 Å². The van der Waals surface area contributed by atoms with Gasteiger partial charge in [0.15, 0.2) is 0 Å². The minimum Gasteiger partial charge on any atom is -0.352 e. The highest BCUT2D eigenvalue weighted by molar-refractivity contribution is 5.85. The maximum Gasteiger partial charge on any atom is 0.239 e. The molecule has 0 aliphatic heterocycles. The Morgan fingerprint density at radius 2 is 1.35 bits per heavy atom. The predicted molar refractivity (Wildman–Crippen MR) is 109 cm³/mol. The summed E-state index contributed by atoms with van der Waals surface area (Å²) in [5.41, 5.74) is 0. The lowest BCUT2D eigenvalue weighted by molar-refractivity contribution is -0.129. The third-order valence-electron chi connectivity index (χ3n) is 5.53. The maximum absolute atomic E-state index is 12.6. The SMILES string of the molecule is CC(C)C[C@H](NC(=O)CNC(=O)C1CCCCCCCCCC1)C(C)C. The van der Waals surface area contributed by atoms with Gasteiger partial charge in [-0.3, -0.25) is 9.59 Å². The van der Waals surface area contributed by atoms with E-state index in [4.69, 9.17) is 0 Å². The van der Waals surface area contributed by atoms with Crippen LogP contribution in [0.3, 0.4) is 0 Å². The minimum atomic E-state index is -0.0608. The molecule has 0 aromatic heterocycles. The van der Waals surface area contributed by atoms with Gasteiger partial charge in [0.2, 0.25) is 11.8 Å². The summed E-state index contributed by atoms with van der Waals surface area (Å²) in [7, 11) is 0. The summed E-state index contributed by atoms with van der Waals surface area (Å²) in [6.07, 6.45) is 12.9. The largest absolute Gasteiger partial charge is 0.352 e. The highest BCUT2D eigenvalue weighted by Gasteiger charge is 2.21. The summed E-state index contributed by atoms with van der Waals surface area (Å²) in [4.78, 5) is 24.8. The Hall–Kier alpha value is -1.06. The summed E-state index contributed by atoms with van der Waals surface area (Å²) in [5, 5.41) is 6.00. The number of hydrogen-bond donors (Lipinski definition) is 2. The Bertz CT molecular complexity index is 395. The van der Waals surface area contributed by atoms with Gasteiger partial charge in [0.05, 0.1) is 6.54 Å². The Morgan fingerprint density at radius 1 is 0.846 bits per heavy atom. The summed E-state index contributed by atoms with van der Waals surface area (Å²) < 4.78 is 0. The molecule has 0 saturated heterocycles. The van der Waals surface area contributed by atoms with Gasteiger partial charge in [-0.2, -0.15) is 0 Å². The average molecular weight is 367 g/mol. The quantitative estimate of drug-likeness (QED) is 0.678. The fourth-order valence-electron chi connectivity index (χ4n) is 3.82. The first-order valence-corrected chi connectivity index (χ1v) is 11.0. The van der Waals surface area contributed by atoms with Crippen LogP contribution in [-0.2, 0) is 9.59 Å². The zero-order chi connectivity index (χ0) is 19.4. The van der Waals surface area contributed by atoms with Crippen LogP contribution >= 0.6 is 0 Å². The van der Waals surface area contributed by atoms with Gasteiger partial charge in [-0.25, -0.2) is 0 Å². The minimum absolute atomic E-state index is 0.0608. The van der Waals surface area contributed by atoms with Crippen molar-refractivity contribution in [3.8, 4) is 0 Å². The van der Waals surface area contributed by atoms with Crippen molar-refractivity contribution < 1.29 is 9.59 Å². The molecule has 0 unspecified atom stereocenters. The lowest BCUT2D eigenvalue weighted by atomic mass is 9.94. The first-order valence-electron chi connectivity index (χ1n) is 11.0. The number of carbonyl (C=O) groups excluding carboxylic acids is 2. The van der Waals surface area contributed by atoms with E-state index in [1.807, 2.05) is 0 Å². The monoisotopic (exact) mass is 366 g/mol. The molecule has 1 aliphatic carbocycles. The zero-order valence-corrected chi connectivity index (χ0v) is 17.6. The molecule has 0 aromatic carbocycles. The van der Waals surface area contributed by atoms with E-state index >= 15 is 0 Å². The molecule has 0 aromatic rings. The molecule has 1 saturated carbocycles. The second-order valence-electron chi connectivity index (χ2n) is 8.87. The molecule has 4 heteroatoms. The molecule has 0 bridgehead atoms. The second-order valence-corrected chi connectivity index (χ2v) is 8.87. The Kier molecular flexibility index (Phi) is 11.6. The van der Waals surface area contributed by atoms with E-state index in [1.54, 1.807) is 0 Å². The van der Waals surface area contributed by atoms with Crippen molar-refractivity contribution in [2.24, 2.45) is 17.8 Å². The molecule has 0 spiro atoms. The Morgan fingerprint density at radius 3 is 1.81 bits per heavy atom. The van der Waals surface area contributed by atoms with Crippen molar-refractivity contribution >= 4 is 11.8 Å². The van der Waals surface area contributed by atoms with Crippen LogP contribution in [0.2, 0.25) is 0 Å². The molecular formula is C22H42N2O2. The van der Waals surface area contributed by atoms with Crippen molar-refractivity contribution in [1.29, 1.82) is 0 Å². The van der Waals surface area contributed by atoms with E-state index in [-0.39, 0.29) is 30.3 Å². The van der Waals surface area contributed by atoms with Gasteiger partial charge in [-0.1, -0.05) is 79.1 Å². The van der Waals surface area contributed by atoms with Gasteiger partial charge in [0.1, 0.15) is 0 Å². The van der Waals surface area contributed by atoms with Gasteiger partial charge in [0.25, 0.3) is 0 Å². The van der Waals surface area contributed by atoms with E-state index in [1.165, 1.54) is 38.5 Å². The van der Waals surface area contributed by atoms with Gasteiger partial charge in [-0.05, 0) is 31.1 Å². The molecule has 1 rings (SSSR count). The molecule has 2 amide bonds. The highest BCUT2D eigenvalue weighted by Crippen LogP contribution is 2.21. The molecular weight excluding hydrogens is 324 g/mol. The van der Waals surface area contributed by atoms with Crippen LogP contribution in [0.15, 0.2) is 0 Å². The van der Waals surface area contributed by atoms with Crippen molar-refractivity contribution in [2.45, 2.75) is 104 Å². The van der Waals surface area contributed by atoms with Crippen molar-refractivity contribution in [3.05, 3.63) is 0 Å². The summed E-state index contributed by atoms with van der Waals surface area (Å²) in [6.45, 7) is 8.72. The third kappa shape index (κ3) is 10.2. The topological polar surface area (TPSA) is 58.2 Å². The molecule has 1 fully saturated rings. The maximum atomic E-state index is 12.6. The van der Waals surface area contributed by atoms with Crippen molar-refractivity contribution in [1.82, 2.24) is 10.6 Å². The molecule has 1 aliphatic rings. The van der Waals surface area contributed by atoms with Gasteiger partial charge in [-0.15, -0.1) is 0 Å². The van der Waals surface area contributed by atoms with Crippen molar-refractivity contribution in [3.63, 3.8) is 0 Å². The normalized spacial score (nSPS) is 19.0. The fraction of sp³-hybridized carbons (Fsp3) is 0.909. The molecule has 152 valence electrons. The van der Waals surface area contributed by atoms with Crippen LogP contribution in [0.25, 0.3) is 0 Å². The number of carbonyl (C=O) groups is 2. The fourth-order valence-corrected chi connectivity index (χ4v) is 3.82. The van der Waals surface area contributed by atoms with E-state index in [2.05, 4.69) is 38.3 Å². The van der Waals surface area contributed by atoms with Crippen LogP contribution in [0.1, 0.15) is 98.3 Å².